The van der Waals surface area contributed by atoms with Crippen molar-refractivity contribution in [3.63, 3.8) is 0 Å². The van der Waals surface area contributed by atoms with Gasteiger partial charge in [0, 0.05) is 39.1 Å². The van der Waals surface area contributed by atoms with E-state index >= 15 is 0 Å². The molecule has 0 bridgehead atoms. The van der Waals surface area contributed by atoms with Crippen molar-refractivity contribution in [2.75, 3.05) is 49.5 Å². The number of unbranched alkanes of at least 4 members (excludes halogenated alkanes) is 1. The molecule has 7 heteroatoms. The van der Waals surface area contributed by atoms with E-state index < -0.39 is 6.03 Å². The highest BCUT2D eigenvalue weighted by Gasteiger charge is 2.18. The van der Waals surface area contributed by atoms with Gasteiger partial charge in [0.1, 0.15) is 0 Å². The van der Waals surface area contributed by atoms with Crippen LogP contribution in [-0.2, 0) is 4.79 Å². The standard InChI is InChI=1S/C18H29N5O2/c1-2-22-11-13-23(14-12-22)16-8-4-3-7-15(16)21-17(24)9-5-6-10-20-18(19)25/h3-4,7-8H,2,5-6,9-14H2,1H3,(H,21,24)(H3,19,20,25). The second-order valence-corrected chi connectivity index (χ2v) is 6.23. The maximum absolute atomic E-state index is 12.2. The number of hydrogen-bond donors (Lipinski definition) is 3. The number of carbonyl (C=O) groups is 2. The Morgan fingerprint density at radius 2 is 1.84 bits per heavy atom. The molecule has 0 saturated carbocycles. The molecule has 1 aromatic rings. The zero-order chi connectivity index (χ0) is 18.1. The molecule has 0 aliphatic carbocycles. The molecule has 1 fully saturated rings. The van der Waals surface area contributed by atoms with E-state index in [9.17, 15) is 9.59 Å². The van der Waals surface area contributed by atoms with Crippen molar-refractivity contribution in [3.05, 3.63) is 24.3 Å². The predicted molar refractivity (Wildman–Crippen MR) is 101 cm³/mol. The first kappa shape index (κ1) is 19.1. The number of nitrogens with two attached hydrogens (primary N) is 1. The quantitative estimate of drug-likeness (QED) is 0.623. The first-order valence-electron chi connectivity index (χ1n) is 8.99. The van der Waals surface area contributed by atoms with Crippen LogP contribution in [0.3, 0.4) is 0 Å². The van der Waals surface area contributed by atoms with Crippen molar-refractivity contribution in [2.45, 2.75) is 26.2 Å². The van der Waals surface area contributed by atoms with Gasteiger partial charge in [-0.3, -0.25) is 4.79 Å². The van der Waals surface area contributed by atoms with Crippen LogP contribution in [-0.4, -0.2) is 56.1 Å². The zero-order valence-corrected chi connectivity index (χ0v) is 15.0. The molecule has 25 heavy (non-hydrogen) atoms. The molecule has 1 aromatic carbocycles. The number of anilines is 2. The van der Waals surface area contributed by atoms with Crippen LogP contribution in [0.4, 0.5) is 16.2 Å². The SMILES string of the molecule is CCN1CCN(c2ccccc2NC(=O)CCCCNC(N)=O)CC1. The fraction of sp³-hybridized carbons (Fsp3) is 0.556. The first-order valence-corrected chi connectivity index (χ1v) is 8.99. The summed E-state index contributed by atoms with van der Waals surface area (Å²) in [6, 6.07) is 7.44. The van der Waals surface area contributed by atoms with Crippen LogP contribution < -0.4 is 21.3 Å². The monoisotopic (exact) mass is 347 g/mol. The summed E-state index contributed by atoms with van der Waals surface area (Å²) in [5.41, 5.74) is 6.96. The largest absolute Gasteiger partial charge is 0.367 e. The van der Waals surface area contributed by atoms with E-state index in [2.05, 4.69) is 33.4 Å². The van der Waals surface area contributed by atoms with Crippen LogP contribution in [0, 0.1) is 0 Å². The molecule has 4 N–H and O–H groups in total. The Hall–Kier alpha value is -2.28. The number of likely N-dealkylation sites (N-methyl/N-ethyl adjacent to an activating group) is 1. The van der Waals surface area contributed by atoms with E-state index in [0.717, 1.165) is 50.5 Å². The number of primary amides is 1. The summed E-state index contributed by atoms with van der Waals surface area (Å²) in [5.74, 6) is -0.00119. The number of nitrogens with one attached hydrogen (secondary N) is 2. The summed E-state index contributed by atoms with van der Waals surface area (Å²) in [7, 11) is 0. The van der Waals surface area contributed by atoms with Gasteiger partial charge >= 0.3 is 6.03 Å². The molecule has 1 saturated heterocycles. The summed E-state index contributed by atoms with van der Waals surface area (Å²) < 4.78 is 0. The summed E-state index contributed by atoms with van der Waals surface area (Å²) in [6.07, 6.45) is 1.87. The van der Waals surface area contributed by atoms with Crippen LogP contribution >= 0.6 is 0 Å². The fourth-order valence-corrected chi connectivity index (χ4v) is 2.99. The topological polar surface area (TPSA) is 90.7 Å². The number of piperazine rings is 1. The van der Waals surface area contributed by atoms with Gasteiger partial charge in [-0.25, -0.2) is 4.79 Å². The summed E-state index contributed by atoms with van der Waals surface area (Å²) in [5, 5.41) is 5.55. The van der Waals surface area contributed by atoms with Crippen molar-refractivity contribution >= 4 is 23.3 Å². The smallest absolute Gasteiger partial charge is 0.312 e. The predicted octanol–water partition coefficient (Wildman–Crippen LogP) is 1.61. The van der Waals surface area contributed by atoms with E-state index in [-0.39, 0.29) is 5.91 Å². The number of hydrogen-bond acceptors (Lipinski definition) is 4. The molecule has 0 unspecified atom stereocenters. The van der Waals surface area contributed by atoms with Crippen LogP contribution in [0.15, 0.2) is 24.3 Å². The molecule has 0 aromatic heterocycles. The molecule has 1 aliphatic rings. The molecule has 1 aliphatic heterocycles. The number of rotatable bonds is 8. The third-order valence-corrected chi connectivity index (χ3v) is 4.47. The highest BCUT2D eigenvalue weighted by Crippen LogP contribution is 2.26. The van der Waals surface area contributed by atoms with Gasteiger partial charge in [-0.1, -0.05) is 19.1 Å². The summed E-state index contributed by atoms with van der Waals surface area (Å²) in [6.45, 7) is 7.80. The normalized spacial score (nSPS) is 15.0. The van der Waals surface area contributed by atoms with E-state index in [0.29, 0.717) is 19.4 Å². The Morgan fingerprint density at radius 3 is 2.52 bits per heavy atom. The number of benzene rings is 1. The van der Waals surface area contributed by atoms with Crippen molar-refractivity contribution in [3.8, 4) is 0 Å². The van der Waals surface area contributed by atoms with Gasteiger partial charge in [0.25, 0.3) is 0 Å². The lowest BCUT2D eigenvalue weighted by atomic mass is 10.2. The van der Waals surface area contributed by atoms with Crippen molar-refractivity contribution in [2.24, 2.45) is 5.73 Å². The Morgan fingerprint density at radius 1 is 1.12 bits per heavy atom. The van der Waals surface area contributed by atoms with Gasteiger partial charge in [0.2, 0.25) is 5.91 Å². The van der Waals surface area contributed by atoms with E-state index in [1.54, 1.807) is 0 Å². The molecule has 0 radical (unpaired) electrons. The van der Waals surface area contributed by atoms with Crippen LogP contribution in [0.1, 0.15) is 26.2 Å². The Balaban J connectivity index is 1.83. The summed E-state index contributed by atoms with van der Waals surface area (Å²) in [4.78, 5) is 27.5. The van der Waals surface area contributed by atoms with E-state index in [4.69, 9.17) is 5.73 Å². The van der Waals surface area contributed by atoms with Gasteiger partial charge < -0.3 is 26.2 Å². The second kappa shape index (κ2) is 9.88. The number of carbonyl (C=O) groups excluding carboxylic acids is 2. The van der Waals surface area contributed by atoms with Crippen LogP contribution in [0.25, 0.3) is 0 Å². The minimum Gasteiger partial charge on any atom is -0.367 e. The number of nitrogens with zero attached hydrogens (tertiary/aromatic N) is 2. The van der Waals surface area contributed by atoms with Crippen LogP contribution in [0.2, 0.25) is 0 Å². The average molecular weight is 347 g/mol. The third kappa shape index (κ3) is 6.26. The fourth-order valence-electron chi connectivity index (χ4n) is 2.99. The van der Waals surface area contributed by atoms with Gasteiger partial charge in [0.05, 0.1) is 11.4 Å². The second-order valence-electron chi connectivity index (χ2n) is 6.23. The van der Waals surface area contributed by atoms with Gasteiger partial charge in [0.15, 0.2) is 0 Å². The van der Waals surface area contributed by atoms with Crippen LogP contribution in [0.5, 0.6) is 0 Å². The Bertz CT molecular complexity index is 570. The molecule has 0 atom stereocenters. The minimum atomic E-state index is -0.526. The maximum atomic E-state index is 12.2. The van der Waals surface area contributed by atoms with Crippen molar-refractivity contribution < 1.29 is 9.59 Å². The number of amides is 3. The summed E-state index contributed by atoms with van der Waals surface area (Å²) >= 11 is 0. The van der Waals surface area contributed by atoms with Gasteiger partial charge in [-0.05, 0) is 31.5 Å². The molecule has 3 amide bonds. The Kier molecular flexibility index (Phi) is 7.53. The highest BCUT2D eigenvalue weighted by molar-refractivity contribution is 5.94. The lowest BCUT2D eigenvalue weighted by Crippen LogP contribution is -2.46. The lowest BCUT2D eigenvalue weighted by Gasteiger charge is -2.36. The third-order valence-electron chi connectivity index (χ3n) is 4.47. The molecular formula is C18H29N5O2. The molecule has 1 heterocycles. The van der Waals surface area contributed by atoms with E-state index in [1.807, 2.05) is 18.2 Å². The van der Waals surface area contributed by atoms with Crippen molar-refractivity contribution in [1.29, 1.82) is 0 Å². The average Bonchev–Trinajstić information content (AvgIpc) is 2.62. The van der Waals surface area contributed by atoms with Gasteiger partial charge in [-0.15, -0.1) is 0 Å². The zero-order valence-electron chi connectivity index (χ0n) is 15.0. The number of urea groups is 1. The van der Waals surface area contributed by atoms with Gasteiger partial charge in [-0.2, -0.15) is 0 Å². The Labute approximate surface area is 149 Å². The minimum absolute atomic E-state index is 0.00119. The number of para-hydroxylation sites is 2. The van der Waals surface area contributed by atoms with E-state index in [1.165, 1.54) is 0 Å². The maximum Gasteiger partial charge on any atom is 0.312 e. The van der Waals surface area contributed by atoms with Crippen molar-refractivity contribution in [1.82, 2.24) is 10.2 Å². The first-order chi connectivity index (χ1) is 12.1. The lowest BCUT2D eigenvalue weighted by molar-refractivity contribution is -0.116. The molecule has 7 nitrogen and oxygen atoms in total. The molecule has 2 rings (SSSR count). The molecular weight excluding hydrogens is 318 g/mol. The molecule has 0 spiro atoms. The highest BCUT2D eigenvalue weighted by atomic mass is 16.2. The molecule has 138 valence electrons.